The monoisotopic (exact) mass is 245 g/mol. The quantitative estimate of drug-likeness (QED) is 0.605. The first-order valence-corrected chi connectivity index (χ1v) is 6.30. The van der Waals surface area contributed by atoms with E-state index in [2.05, 4.69) is 28.9 Å². The van der Waals surface area contributed by atoms with Crippen molar-refractivity contribution in [2.24, 2.45) is 4.99 Å². The number of isocyanates is 1. The molecule has 1 saturated heterocycles. The number of benzene rings is 1. The second-order valence-electron chi connectivity index (χ2n) is 4.90. The maximum absolute atomic E-state index is 10.2. The van der Waals surface area contributed by atoms with Gasteiger partial charge in [0.15, 0.2) is 0 Å². The number of hydrogen-bond acceptors (Lipinski definition) is 4. The minimum atomic E-state index is 0.664. The maximum atomic E-state index is 10.2. The molecule has 0 radical (unpaired) electrons. The van der Waals surface area contributed by atoms with E-state index in [0.717, 1.165) is 13.1 Å². The van der Waals surface area contributed by atoms with Gasteiger partial charge in [-0.15, -0.1) is 0 Å². The standard InChI is InChI=1S/C14H19N3O/c1-16(2)13-7-9-17(10-8-13)14-5-3-12(4-6-14)15-11-18/h3-6,13H,7-10H2,1-2H3. The number of carbonyl (C=O) groups excluding carboxylic acids is 1. The average Bonchev–Trinajstić information content (AvgIpc) is 2.40. The molecule has 1 fully saturated rings. The molecular formula is C14H19N3O. The maximum Gasteiger partial charge on any atom is 0.240 e. The Morgan fingerprint density at radius 1 is 1.22 bits per heavy atom. The summed E-state index contributed by atoms with van der Waals surface area (Å²) in [7, 11) is 4.29. The lowest BCUT2D eigenvalue weighted by atomic mass is 10.0. The summed E-state index contributed by atoms with van der Waals surface area (Å²) >= 11 is 0. The van der Waals surface area contributed by atoms with Crippen molar-refractivity contribution in [2.75, 3.05) is 32.1 Å². The SMILES string of the molecule is CN(C)C1CCN(c2ccc(N=C=O)cc2)CC1. The number of aliphatic imine (C=N–C) groups is 1. The molecule has 0 unspecified atom stereocenters. The van der Waals surface area contributed by atoms with E-state index >= 15 is 0 Å². The van der Waals surface area contributed by atoms with Gasteiger partial charge in [0, 0.05) is 24.8 Å². The van der Waals surface area contributed by atoms with E-state index in [9.17, 15) is 4.79 Å². The van der Waals surface area contributed by atoms with Gasteiger partial charge in [0.1, 0.15) is 0 Å². The van der Waals surface area contributed by atoms with Crippen molar-refractivity contribution in [1.29, 1.82) is 0 Å². The Morgan fingerprint density at radius 3 is 2.33 bits per heavy atom. The first kappa shape index (κ1) is 12.8. The van der Waals surface area contributed by atoms with Crippen molar-refractivity contribution in [2.45, 2.75) is 18.9 Å². The molecule has 0 spiro atoms. The third-order valence-corrected chi connectivity index (χ3v) is 3.58. The molecule has 18 heavy (non-hydrogen) atoms. The van der Waals surface area contributed by atoms with Crippen molar-refractivity contribution in [3.63, 3.8) is 0 Å². The molecule has 1 aliphatic rings. The van der Waals surface area contributed by atoms with Crippen molar-refractivity contribution in [1.82, 2.24) is 4.90 Å². The van der Waals surface area contributed by atoms with Gasteiger partial charge in [-0.1, -0.05) is 0 Å². The van der Waals surface area contributed by atoms with Crippen LogP contribution in [0.1, 0.15) is 12.8 Å². The Hall–Kier alpha value is -1.64. The molecule has 1 aromatic rings. The molecule has 0 aromatic heterocycles. The number of rotatable bonds is 3. The van der Waals surface area contributed by atoms with Crippen LogP contribution in [0.15, 0.2) is 29.3 Å². The van der Waals surface area contributed by atoms with Crippen LogP contribution in [0.3, 0.4) is 0 Å². The highest BCUT2D eigenvalue weighted by Crippen LogP contribution is 2.23. The fourth-order valence-electron chi connectivity index (χ4n) is 2.43. The van der Waals surface area contributed by atoms with E-state index in [-0.39, 0.29) is 0 Å². The summed E-state index contributed by atoms with van der Waals surface area (Å²) in [5, 5.41) is 0. The minimum Gasteiger partial charge on any atom is -0.371 e. The number of hydrogen-bond donors (Lipinski definition) is 0. The van der Waals surface area contributed by atoms with Crippen LogP contribution in [0.25, 0.3) is 0 Å². The number of anilines is 1. The zero-order valence-corrected chi connectivity index (χ0v) is 11.0. The largest absolute Gasteiger partial charge is 0.371 e. The molecule has 1 heterocycles. The predicted octanol–water partition coefficient (Wildman–Crippen LogP) is 2.18. The molecule has 0 saturated carbocycles. The smallest absolute Gasteiger partial charge is 0.240 e. The molecule has 0 amide bonds. The zero-order chi connectivity index (χ0) is 13.0. The summed E-state index contributed by atoms with van der Waals surface area (Å²) < 4.78 is 0. The average molecular weight is 245 g/mol. The van der Waals surface area contributed by atoms with E-state index < -0.39 is 0 Å². The van der Waals surface area contributed by atoms with Crippen molar-refractivity contribution in [3.8, 4) is 0 Å². The molecule has 0 atom stereocenters. The van der Waals surface area contributed by atoms with E-state index in [1.54, 1.807) is 6.08 Å². The molecule has 0 N–H and O–H groups in total. The highest BCUT2D eigenvalue weighted by molar-refractivity contribution is 5.56. The first-order chi connectivity index (χ1) is 8.70. The van der Waals surface area contributed by atoms with Gasteiger partial charge in [-0.05, 0) is 51.2 Å². The Labute approximate surface area is 108 Å². The molecular weight excluding hydrogens is 226 g/mol. The van der Waals surface area contributed by atoms with Crippen molar-refractivity contribution in [3.05, 3.63) is 24.3 Å². The van der Waals surface area contributed by atoms with E-state index in [1.807, 2.05) is 24.3 Å². The molecule has 1 aromatic carbocycles. The van der Waals surface area contributed by atoms with Gasteiger partial charge < -0.3 is 9.80 Å². The normalized spacial score (nSPS) is 16.7. The lowest BCUT2D eigenvalue weighted by Crippen LogP contribution is -2.41. The van der Waals surface area contributed by atoms with Gasteiger partial charge in [-0.3, -0.25) is 0 Å². The highest BCUT2D eigenvalue weighted by atomic mass is 16.1. The molecule has 2 rings (SSSR count). The van der Waals surface area contributed by atoms with E-state index in [4.69, 9.17) is 0 Å². The summed E-state index contributed by atoms with van der Waals surface area (Å²) in [5.41, 5.74) is 1.87. The Balaban J connectivity index is 1.99. The summed E-state index contributed by atoms with van der Waals surface area (Å²) in [5.74, 6) is 0. The summed E-state index contributed by atoms with van der Waals surface area (Å²) in [6, 6.07) is 8.45. The van der Waals surface area contributed by atoms with Crippen molar-refractivity contribution < 1.29 is 4.79 Å². The number of piperidine rings is 1. The Kier molecular flexibility index (Phi) is 4.13. The molecule has 1 aliphatic heterocycles. The van der Waals surface area contributed by atoms with Crippen LogP contribution in [0.2, 0.25) is 0 Å². The van der Waals surface area contributed by atoms with Gasteiger partial charge in [0.2, 0.25) is 6.08 Å². The predicted molar refractivity (Wildman–Crippen MR) is 73.1 cm³/mol. The number of nitrogens with zero attached hydrogens (tertiary/aromatic N) is 3. The van der Waals surface area contributed by atoms with Crippen LogP contribution < -0.4 is 4.90 Å². The third kappa shape index (κ3) is 2.97. The van der Waals surface area contributed by atoms with Crippen molar-refractivity contribution >= 4 is 17.5 Å². The zero-order valence-electron chi connectivity index (χ0n) is 11.0. The summed E-state index contributed by atoms with van der Waals surface area (Å²) in [4.78, 5) is 18.4. The van der Waals surface area contributed by atoms with Gasteiger partial charge in [-0.2, -0.15) is 4.99 Å². The molecule has 96 valence electrons. The summed E-state index contributed by atoms with van der Waals surface area (Å²) in [6.45, 7) is 2.16. The molecule has 0 bridgehead atoms. The Bertz CT molecular complexity index is 427. The molecule has 0 aliphatic carbocycles. The van der Waals surface area contributed by atoms with Gasteiger partial charge >= 0.3 is 0 Å². The van der Waals surface area contributed by atoms with Gasteiger partial charge in [-0.25, -0.2) is 4.79 Å². The van der Waals surface area contributed by atoms with Crippen LogP contribution in [-0.2, 0) is 4.79 Å². The lowest BCUT2D eigenvalue weighted by molar-refractivity contribution is 0.249. The van der Waals surface area contributed by atoms with Crippen LogP contribution in [0.4, 0.5) is 11.4 Å². The fourth-order valence-corrected chi connectivity index (χ4v) is 2.43. The second-order valence-corrected chi connectivity index (χ2v) is 4.90. The Morgan fingerprint density at radius 2 is 1.83 bits per heavy atom. The lowest BCUT2D eigenvalue weighted by Gasteiger charge is -2.36. The van der Waals surface area contributed by atoms with E-state index in [0.29, 0.717) is 11.7 Å². The third-order valence-electron chi connectivity index (χ3n) is 3.58. The summed E-state index contributed by atoms with van der Waals surface area (Å²) in [6.07, 6.45) is 3.95. The molecule has 4 nitrogen and oxygen atoms in total. The van der Waals surface area contributed by atoms with E-state index in [1.165, 1.54) is 18.5 Å². The fraction of sp³-hybridized carbons (Fsp3) is 0.500. The van der Waals surface area contributed by atoms with Crippen LogP contribution in [-0.4, -0.2) is 44.2 Å². The van der Waals surface area contributed by atoms with Crippen LogP contribution in [0, 0.1) is 0 Å². The highest BCUT2D eigenvalue weighted by Gasteiger charge is 2.20. The molecule has 4 heteroatoms. The van der Waals surface area contributed by atoms with Gasteiger partial charge in [0.25, 0.3) is 0 Å². The van der Waals surface area contributed by atoms with Crippen LogP contribution in [0.5, 0.6) is 0 Å². The minimum absolute atomic E-state index is 0.664. The first-order valence-electron chi connectivity index (χ1n) is 6.30. The second kappa shape index (κ2) is 5.80. The van der Waals surface area contributed by atoms with Crippen LogP contribution >= 0.6 is 0 Å². The topological polar surface area (TPSA) is 35.9 Å². The van der Waals surface area contributed by atoms with Gasteiger partial charge in [0.05, 0.1) is 5.69 Å².